The van der Waals surface area contributed by atoms with E-state index >= 15 is 0 Å². The predicted octanol–water partition coefficient (Wildman–Crippen LogP) is 3.39. The average molecular weight is 325 g/mol. The summed E-state index contributed by atoms with van der Waals surface area (Å²) in [6.07, 6.45) is 5.43. The van der Waals surface area contributed by atoms with Gasteiger partial charge in [0.15, 0.2) is 5.82 Å². The quantitative estimate of drug-likeness (QED) is 0.884. The van der Waals surface area contributed by atoms with E-state index in [2.05, 4.69) is 45.4 Å². The first kappa shape index (κ1) is 16.9. The van der Waals surface area contributed by atoms with E-state index in [1.54, 1.807) is 0 Å². The Morgan fingerprint density at radius 2 is 1.96 bits per heavy atom. The van der Waals surface area contributed by atoms with Gasteiger partial charge in [-0.25, -0.2) is 0 Å². The van der Waals surface area contributed by atoms with Crippen molar-refractivity contribution in [3.8, 4) is 0 Å². The number of rotatable bonds is 6. The topological polar surface area (TPSA) is 49.2 Å². The Morgan fingerprint density at radius 1 is 1.12 bits per heavy atom. The maximum absolute atomic E-state index is 10.1. The molecule has 1 aliphatic heterocycles. The summed E-state index contributed by atoms with van der Waals surface area (Å²) in [4.78, 5) is 2.29. The number of anilines is 1. The molecule has 0 amide bonds. The van der Waals surface area contributed by atoms with Gasteiger partial charge >= 0.3 is 0 Å². The molecule has 1 atom stereocenters. The molecule has 128 valence electrons. The number of aryl methyl sites for hydroxylation is 2. The molecule has 1 N–H and O–H groups in total. The van der Waals surface area contributed by atoms with Crippen LogP contribution in [0.5, 0.6) is 0 Å². The first-order valence-electron chi connectivity index (χ1n) is 8.91. The van der Waals surface area contributed by atoms with Crippen molar-refractivity contribution in [2.45, 2.75) is 39.0 Å². The number of hydrogen-bond acceptors (Lipinski definition) is 4. The highest BCUT2D eigenvalue weighted by Crippen LogP contribution is 2.36. The molecule has 3 rings (SSSR count). The number of piperidine rings is 1. The van der Waals surface area contributed by atoms with E-state index in [0.717, 1.165) is 56.7 Å². The molecule has 1 saturated heterocycles. The SMILES string of the molecule is Cc1ccc(N2CCCC(CO)(CCCc3ccccc3)C2)nn1. The van der Waals surface area contributed by atoms with Gasteiger partial charge in [-0.2, -0.15) is 5.10 Å². The highest BCUT2D eigenvalue weighted by atomic mass is 16.3. The van der Waals surface area contributed by atoms with Crippen molar-refractivity contribution < 1.29 is 5.11 Å². The average Bonchev–Trinajstić information content (AvgIpc) is 2.63. The van der Waals surface area contributed by atoms with Crippen molar-refractivity contribution in [1.82, 2.24) is 10.2 Å². The van der Waals surface area contributed by atoms with Gasteiger partial charge < -0.3 is 10.0 Å². The Labute approximate surface area is 144 Å². The summed E-state index contributed by atoms with van der Waals surface area (Å²) in [5, 5.41) is 18.6. The second-order valence-corrected chi connectivity index (χ2v) is 7.06. The van der Waals surface area contributed by atoms with Crippen LogP contribution < -0.4 is 4.90 Å². The van der Waals surface area contributed by atoms with E-state index in [1.807, 2.05) is 19.1 Å². The second kappa shape index (κ2) is 7.75. The fourth-order valence-electron chi connectivity index (χ4n) is 3.69. The first-order valence-corrected chi connectivity index (χ1v) is 8.91. The Balaban J connectivity index is 1.62. The van der Waals surface area contributed by atoms with Crippen LogP contribution in [0.1, 0.15) is 36.9 Å². The van der Waals surface area contributed by atoms with E-state index < -0.39 is 0 Å². The Hall–Kier alpha value is -1.94. The smallest absolute Gasteiger partial charge is 0.151 e. The summed E-state index contributed by atoms with van der Waals surface area (Å²) < 4.78 is 0. The lowest BCUT2D eigenvalue weighted by Gasteiger charge is -2.42. The van der Waals surface area contributed by atoms with Gasteiger partial charge in [0.2, 0.25) is 0 Å². The third-order valence-corrected chi connectivity index (χ3v) is 5.12. The lowest BCUT2D eigenvalue weighted by Crippen LogP contribution is -2.46. The molecule has 1 aliphatic rings. The van der Waals surface area contributed by atoms with E-state index in [1.165, 1.54) is 5.56 Å². The second-order valence-electron chi connectivity index (χ2n) is 7.06. The zero-order valence-electron chi connectivity index (χ0n) is 14.5. The highest BCUT2D eigenvalue weighted by Gasteiger charge is 2.35. The number of hydrogen-bond donors (Lipinski definition) is 1. The Bertz CT molecular complexity index is 629. The molecule has 0 aliphatic carbocycles. The van der Waals surface area contributed by atoms with Gasteiger partial charge in [-0.3, -0.25) is 0 Å². The molecule has 0 bridgehead atoms. The van der Waals surface area contributed by atoms with Crippen molar-refractivity contribution in [3.05, 3.63) is 53.7 Å². The molecule has 0 radical (unpaired) electrons. The van der Waals surface area contributed by atoms with Crippen LogP contribution in [0.25, 0.3) is 0 Å². The summed E-state index contributed by atoms with van der Waals surface area (Å²) in [6, 6.07) is 14.7. The Kier molecular flexibility index (Phi) is 5.46. The summed E-state index contributed by atoms with van der Waals surface area (Å²) >= 11 is 0. The minimum absolute atomic E-state index is 0.0143. The molecular formula is C20H27N3O. The number of aliphatic hydroxyl groups is 1. The summed E-state index contributed by atoms with van der Waals surface area (Å²) in [6.45, 7) is 4.07. The molecule has 2 aromatic rings. The fourth-order valence-corrected chi connectivity index (χ4v) is 3.69. The maximum atomic E-state index is 10.1. The third kappa shape index (κ3) is 4.12. The van der Waals surface area contributed by atoms with Crippen LogP contribution in [0, 0.1) is 12.3 Å². The third-order valence-electron chi connectivity index (χ3n) is 5.12. The molecule has 4 nitrogen and oxygen atoms in total. The van der Waals surface area contributed by atoms with Crippen molar-refractivity contribution >= 4 is 5.82 Å². The van der Waals surface area contributed by atoms with Gasteiger partial charge in [-0.05, 0) is 56.7 Å². The van der Waals surface area contributed by atoms with Gasteiger partial charge in [0.05, 0.1) is 12.3 Å². The van der Waals surface area contributed by atoms with Gasteiger partial charge in [-0.15, -0.1) is 5.10 Å². The van der Waals surface area contributed by atoms with Crippen LogP contribution in [-0.4, -0.2) is 35.0 Å². The van der Waals surface area contributed by atoms with Gasteiger partial charge in [-0.1, -0.05) is 30.3 Å². The number of aliphatic hydroxyl groups excluding tert-OH is 1. The zero-order valence-corrected chi connectivity index (χ0v) is 14.5. The molecular weight excluding hydrogens is 298 g/mol. The molecule has 1 fully saturated rings. The van der Waals surface area contributed by atoms with Gasteiger partial charge in [0.25, 0.3) is 0 Å². The molecule has 4 heteroatoms. The van der Waals surface area contributed by atoms with Crippen LogP contribution in [0.4, 0.5) is 5.82 Å². The minimum Gasteiger partial charge on any atom is -0.396 e. The maximum Gasteiger partial charge on any atom is 0.151 e. The van der Waals surface area contributed by atoms with Crippen LogP contribution in [0.2, 0.25) is 0 Å². The van der Waals surface area contributed by atoms with Crippen molar-refractivity contribution in [2.75, 3.05) is 24.6 Å². The Morgan fingerprint density at radius 3 is 2.67 bits per heavy atom. The van der Waals surface area contributed by atoms with Crippen LogP contribution in [-0.2, 0) is 6.42 Å². The minimum atomic E-state index is -0.0143. The molecule has 1 aromatic carbocycles. The zero-order chi connectivity index (χ0) is 16.8. The number of benzene rings is 1. The first-order chi connectivity index (χ1) is 11.7. The van der Waals surface area contributed by atoms with E-state index in [4.69, 9.17) is 0 Å². The summed E-state index contributed by atoms with van der Waals surface area (Å²) in [7, 11) is 0. The van der Waals surface area contributed by atoms with Gasteiger partial charge in [0.1, 0.15) is 0 Å². The predicted molar refractivity (Wildman–Crippen MR) is 97.1 cm³/mol. The van der Waals surface area contributed by atoms with Gasteiger partial charge in [0, 0.05) is 18.5 Å². The standard InChI is InChI=1S/C20H27N3O/c1-17-10-11-19(22-21-17)23-14-6-13-20(15-23,16-24)12-5-9-18-7-3-2-4-8-18/h2-4,7-8,10-11,24H,5-6,9,12-16H2,1H3. The monoisotopic (exact) mass is 325 g/mol. The molecule has 1 unspecified atom stereocenters. The molecule has 1 aromatic heterocycles. The van der Waals surface area contributed by atoms with Crippen LogP contribution in [0.3, 0.4) is 0 Å². The largest absolute Gasteiger partial charge is 0.396 e. The molecule has 24 heavy (non-hydrogen) atoms. The lowest BCUT2D eigenvalue weighted by molar-refractivity contribution is 0.0938. The fraction of sp³-hybridized carbons (Fsp3) is 0.500. The highest BCUT2D eigenvalue weighted by molar-refractivity contribution is 5.38. The normalized spacial score (nSPS) is 21.0. The summed E-state index contributed by atoms with van der Waals surface area (Å²) in [5.74, 6) is 0.932. The van der Waals surface area contributed by atoms with Crippen LogP contribution in [0.15, 0.2) is 42.5 Å². The van der Waals surface area contributed by atoms with Crippen molar-refractivity contribution in [1.29, 1.82) is 0 Å². The molecule has 0 spiro atoms. The molecule has 0 saturated carbocycles. The van der Waals surface area contributed by atoms with E-state index in [0.29, 0.717) is 0 Å². The van der Waals surface area contributed by atoms with Crippen molar-refractivity contribution in [3.63, 3.8) is 0 Å². The van der Waals surface area contributed by atoms with E-state index in [-0.39, 0.29) is 12.0 Å². The van der Waals surface area contributed by atoms with Crippen LogP contribution >= 0.6 is 0 Å². The lowest BCUT2D eigenvalue weighted by atomic mass is 9.76. The molecule has 2 heterocycles. The number of aromatic nitrogens is 2. The van der Waals surface area contributed by atoms with E-state index in [9.17, 15) is 5.11 Å². The van der Waals surface area contributed by atoms with Crippen molar-refractivity contribution in [2.24, 2.45) is 5.41 Å². The summed E-state index contributed by atoms with van der Waals surface area (Å²) in [5.41, 5.74) is 2.30. The number of nitrogens with zero attached hydrogens (tertiary/aromatic N) is 3.